The van der Waals surface area contributed by atoms with Crippen LogP contribution in [-0.2, 0) is 20.5 Å². The Kier molecular flexibility index (Phi) is 4.67. The van der Waals surface area contributed by atoms with Gasteiger partial charge in [0, 0.05) is 33.8 Å². The van der Waals surface area contributed by atoms with Crippen LogP contribution in [0.5, 0.6) is 5.75 Å². The smallest absolute Gasteiger partial charge is 0.309 e. The summed E-state index contributed by atoms with van der Waals surface area (Å²) in [6, 6.07) is 8.98. The molecule has 1 aliphatic heterocycles. The number of phenols is 1. The molecule has 5 nitrogen and oxygen atoms in total. The van der Waals surface area contributed by atoms with Gasteiger partial charge >= 0.3 is 5.97 Å². The maximum Gasteiger partial charge on any atom is 0.309 e. The molecule has 2 N–H and O–H groups in total. The average Bonchev–Trinajstić information content (AvgIpc) is 3.14. The van der Waals surface area contributed by atoms with Gasteiger partial charge in [-0.25, -0.2) is 8.78 Å². The summed E-state index contributed by atoms with van der Waals surface area (Å²) in [6.07, 6.45) is 1.86. The van der Waals surface area contributed by atoms with Crippen molar-refractivity contribution in [3.8, 4) is 11.4 Å². The van der Waals surface area contributed by atoms with Gasteiger partial charge in [0.1, 0.15) is 5.75 Å². The number of rotatable bonds is 2. The predicted octanol–water partition coefficient (Wildman–Crippen LogP) is 5.78. The molecule has 5 rings (SSSR count). The standard InChI is InChI=1S/C26H27F2NO4/c1-24(2)14-33-26(11-9-25(3,10-12-26)23(31)32)21-20-18(5-4-6-19(20)30)29(22(21)24)15-7-8-16(27)17(28)13-15/h4-8,13,30H,9-12,14H2,1-3H3,(H,31,32)/t25-,26+. The maximum atomic E-state index is 14.3. The minimum absolute atomic E-state index is 0.0809. The van der Waals surface area contributed by atoms with Gasteiger partial charge in [0.25, 0.3) is 0 Å². The van der Waals surface area contributed by atoms with E-state index in [4.69, 9.17) is 4.74 Å². The van der Waals surface area contributed by atoms with Gasteiger partial charge in [0.15, 0.2) is 11.6 Å². The van der Waals surface area contributed by atoms with Gasteiger partial charge < -0.3 is 19.5 Å². The Hall–Kier alpha value is -2.93. The van der Waals surface area contributed by atoms with Crippen LogP contribution in [0.1, 0.15) is 57.7 Å². The first-order valence-electron chi connectivity index (χ1n) is 11.2. The van der Waals surface area contributed by atoms with Crippen LogP contribution in [-0.4, -0.2) is 27.4 Å². The zero-order chi connectivity index (χ0) is 23.8. The Morgan fingerprint density at radius 1 is 1.03 bits per heavy atom. The molecule has 1 spiro atoms. The predicted molar refractivity (Wildman–Crippen MR) is 120 cm³/mol. The summed E-state index contributed by atoms with van der Waals surface area (Å²) in [4.78, 5) is 11.9. The van der Waals surface area contributed by atoms with Crippen molar-refractivity contribution in [3.63, 3.8) is 0 Å². The molecule has 0 amide bonds. The lowest BCUT2D eigenvalue weighted by molar-refractivity contribution is -0.160. The minimum atomic E-state index is -0.947. The number of hydrogen-bond donors (Lipinski definition) is 2. The monoisotopic (exact) mass is 455 g/mol. The molecule has 2 heterocycles. The number of aromatic hydroxyl groups is 1. The number of aliphatic carboxylic acids is 1. The molecular formula is C26H27F2NO4. The van der Waals surface area contributed by atoms with Gasteiger partial charge in [0.05, 0.1) is 23.1 Å². The van der Waals surface area contributed by atoms with Crippen molar-refractivity contribution in [3.05, 3.63) is 59.3 Å². The largest absolute Gasteiger partial charge is 0.507 e. The molecule has 7 heteroatoms. The van der Waals surface area contributed by atoms with E-state index in [2.05, 4.69) is 0 Å². The molecule has 174 valence electrons. The van der Waals surface area contributed by atoms with Crippen molar-refractivity contribution in [2.24, 2.45) is 5.41 Å². The Bertz CT molecular complexity index is 1290. The normalized spacial score (nSPS) is 26.5. The number of ether oxygens (including phenoxy) is 1. The number of phenolic OH excluding ortho intramolecular Hbond substituents is 1. The van der Waals surface area contributed by atoms with Crippen molar-refractivity contribution >= 4 is 16.9 Å². The van der Waals surface area contributed by atoms with E-state index < -0.39 is 34.0 Å². The van der Waals surface area contributed by atoms with E-state index in [1.165, 1.54) is 12.1 Å². The van der Waals surface area contributed by atoms with Crippen LogP contribution in [0.25, 0.3) is 16.6 Å². The average molecular weight is 456 g/mol. The zero-order valence-electron chi connectivity index (χ0n) is 18.9. The van der Waals surface area contributed by atoms with E-state index in [0.29, 0.717) is 48.9 Å². The van der Waals surface area contributed by atoms with Crippen LogP contribution in [0.4, 0.5) is 8.78 Å². The lowest BCUT2D eigenvalue weighted by Crippen LogP contribution is -2.48. The Morgan fingerprint density at radius 2 is 1.73 bits per heavy atom. The van der Waals surface area contributed by atoms with E-state index in [1.54, 1.807) is 19.1 Å². The summed E-state index contributed by atoms with van der Waals surface area (Å²) in [7, 11) is 0. The highest BCUT2D eigenvalue weighted by atomic mass is 19.2. The van der Waals surface area contributed by atoms with Gasteiger partial charge in [-0.2, -0.15) is 0 Å². The number of hydrogen-bond acceptors (Lipinski definition) is 3. The fraction of sp³-hybridized carbons (Fsp3) is 0.423. The second-order valence-electron chi connectivity index (χ2n) is 10.4. The quantitative estimate of drug-likeness (QED) is 0.514. The lowest BCUT2D eigenvalue weighted by Gasteiger charge is -2.49. The molecule has 0 atom stereocenters. The second-order valence-corrected chi connectivity index (χ2v) is 10.4. The van der Waals surface area contributed by atoms with Crippen molar-refractivity contribution in [1.82, 2.24) is 4.57 Å². The van der Waals surface area contributed by atoms with Crippen LogP contribution in [0, 0.1) is 17.0 Å². The van der Waals surface area contributed by atoms with Crippen molar-refractivity contribution < 1.29 is 28.5 Å². The molecule has 2 aliphatic rings. The van der Waals surface area contributed by atoms with Gasteiger partial charge in [-0.05, 0) is 56.9 Å². The first-order valence-corrected chi connectivity index (χ1v) is 11.2. The SMILES string of the molecule is CC1(C)CO[C@]2(CC[C@@](C)(C(=O)O)CC2)c2c1n(-c1ccc(F)c(F)c1)c1cccc(O)c12. The van der Waals surface area contributed by atoms with E-state index in [9.17, 15) is 23.8 Å². The zero-order valence-corrected chi connectivity index (χ0v) is 18.9. The van der Waals surface area contributed by atoms with Crippen molar-refractivity contribution in [2.45, 2.75) is 57.5 Å². The van der Waals surface area contributed by atoms with Gasteiger partial charge in [-0.3, -0.25) is 4.79 Å². The first-order chi connectivity index (χ1) is 15.5. The van der Waals surface area contributed by atoms with Gasteiger partial charge in [-0.15, -0.1) is 0 Å². The summed E-state index contributed by atoms with van der Waals surface area (Å²) >= 11 is 0. The maximum absolute atomic E-state index is 14.3. The topological polar surface area (TPSA) is 71.7 Å². The number of carbonyl (C=O) groups is 1. The highest BCUT2D eigenvalue weighted by Crippen LogP contribution is 2.57. The summed E-state index contributed by atoms with van der Waals surface area (Å²) in [5.41, 5.74) is 0.740. The molecule has 2 aromatic carbocycles. The molecule has 1 fully saturated rings. The fourth-order valence-electron chi connectivity index (χ4n) is 5.57. The molecular weight excluding hydrogens is 428 g/mol. The molecule has 0 radical (unpaired) electrons. The summed E-state index contributed by atoms with van der Waals surface area (Å²) in [6.45, 7) is 6.19. The van der Waals surface area contributed by atoms with Crippen LogP contribution in [0.2, 0.25) is 0 Å². The van der Waals surface area contributed by atoms with Gasteiger partial charge in [0.2, 0.25) is 0 Å². The van der Waals surface area contributed by atoms with Crippen LogP contribution in [0.15, 0.2) is 36.4 Å². The third-order valence-corrected chi connectivity index (χ3v) is 7.62. The summed E-state index contributed by atoms with van der Waals surface area (Å²) in [5.74, 6) is -2.61. The molecule has 1 saturated carbocycles. The van der Waals surface area contributed by atoms with E-state index in [-0.39, 0.29) is 5.75 Å². The lowest BCUT2D eigenvalue weighted by atomic mass is 9.65. The first kappa shape index (κ1) is 21.9. The number of carboxylic acid groups (broad SMARTS) is 1. The van der Waals surface area contributed by atoms with E-state index in [0.717, 1.165) is 17.3 Å². The summed E-state index contributed by atoms with van der Waals surface area (Å²) in [5, 5.41) is 21.3. The number of benzene rings is 2. The van der Waals surface area contributed by atoms with Crippen LogP contribution < -0.4 is 0 Å². The fourth-order valence-corrected chi connectivity index (χ4v) is 5.57. The number of carboxylic acids is 1. The number of aromatic nitrogens is 1. The number of nitrogens with zero attached hydrogens (tertiary/aromatic N) is 1. The second kappa shape index (κ2) is 7.03. The molecule has 0 unspecified atom stereocenters. The number of halogens is 2. The van der Waals surface area contributed by atoms with E-state index in [1.807, 2.05) is 24.5 Å². The molecule has 3 aromatic rings. The van der Waals surface area contributed by atoms with E-state index >= 15 is 0 Å². The molecule has 0 bridgehead atoms. The molecule has 0 saturated heterocycles. The molecule has 33 heavy (non-hydrogen) atoms. The van der Waals surface area contributed by atoms with Crippen LogP contribution >= 0.6 is 0 Å². The Balaban J connectivity index is 1.82. The third kappa shape index (κ3) is 3.09. The van der Waals surface area contributed by atoms with Crippen molar-refractivity contribution in [1.29, 1.82) is 0 Å². The molecule has 1 aliphatic carbocycles. The Labute approximate surface area is 190 Å². The Morgan fingerprint density at radius 3 is 2.36 bits per heavy atom. The van der Waals surface area contributed by atoms with Crippen molar-refractivity contribution in [2.75, 3.05) is 6.61 Å². The van der Waals surface area contributed by atoms with Crippen LogP contribution in [0.3, 0.4) is 0 Å². The highest BCUT2D eigenvalue weighted by molar-refractivity contribution is 5.94. The third-order valence-electron chi connectivity index (χ3n) is 7.62. The molecule has 1 aromatic heterocycles. The highest BCUT2D eigenvalue weighted by Gasteiger charge is 2.53. The summed E-state index contributed by atoms with van der Waals surface area (Å²) < 4.78 is 36.4. The number of fused-ring (bicyclic) bond motifs is 4. The minimum Gasteiger partial charge on any atom is -0.507 e. The van der Waals surface area contributed by atoms with Gasteiger partial charge in [-0.1, -0.05) is 19.9 Å².